The summed E-state index contributed by atoms with van der Waals surface area (Å²) < 4.78 is 3.61. The van der Waals surface area contributed by atoms with Crippen molar-refractivity contribution < 1.29 is 0 Å². The fourth-order valence-electron chi connectivity index (χ4n) is 5.50. The number of nitrogens with one attached hydrogen (secondary N) is 2. The van der Waals surface area contributed by atoms with Crippen molar-refractivity contribution in [3.63, 3.8) is 0 Å². The Bertz CT molecular complexity index is 588. The summed E-state index contributed by atoms with van der Waals surface area (Å²) in [5, 5.41) is 4.00. The predicted octanol–water partition coefficient (Wildman–Crippen LogP) is 8.82. The highest BCUT2D eigenvalue weighted by Gasteiger charge is 2.34. The summed E-state index contributed by atoms with van der Waals surface area (Å²) in [4.78, 5) is 0. The molecule has 1 fully saturated rings. The molecule has 1 aromatic rings. The number of fused-ring (bicyclic) bond motifs is 3. The zero-order valence-corrected chi connectivity index (χ0v) is 20.8. The summed E-state index contributed by atoms with van der Waals surface area (Å²) in [6, 6.07) is 8.25. The number of benzene rings is 1. The molecular formula is C26H43IN2. The van der Waals surface area contributed by atoms with Gasteiger partial charge in [-0.3, -0.25) is 3.53 Å². The van der Waals surface area contributed by atoms with Crippen LogP contribution in [-0.4, -0.2) is 6.04 Å². The smallest absolute Gasteiger partial charge is 0.0433 e. The lowest BCUT2D eigenvalue weighted by Gasteiger charge is -2.20. The zero-order chi connectivity index (χ0) is 20.3. The highest BCUT2D eigenvalue weighted by Crippen LogP contribution is 2.45. The molecule has 2 nitrogen and oxygen atoms in total. The summed E-state index contributed by atoms with van der Waals surface area (Å²) in [5.41, 5.74) is 4.61. The Morgan fingerprint density at radius 2 is 1.62 bits per heavy atom. The SMILES string of the molecule is CCCCCCCCCCC(NI)c1cccc2c1NC1CCCCCCCC21. The first-order valence-electron chi connectivity index (χ1n) is 12.6. The highest BCUT2D eigenvalue weighted by atomic mass is 127. The summed E-state index contributed by atoms with van der Waals surface area (Å²) in [7, 11) is 0. The van der Waals surface area contributed by atoms with E-state index in [1.165, 1.54) is 114 Å². The molecule has 0 radical (unpaired) electrons. The fourth-order valence-corrected chi connectivity index (χ4v) is 6.14. The molecule has 164 valence electrons. The molecule has 2 N–H and O–H groups in total. The van der Waals surface area contributed by atoms with Crippen LogP contribution in [0.2, 0.25) is 0 Å². The molecular weight excluding hydrogens is 467 g/mol. The predicted molar refractivity (Wildman–Crippen MR) is 136 cm³/mol. The molecule has 1 heterocycles. The van der Waals surface area contributed by atoms with Crippen molar-refractivity contribution in [1.29, 1.82) is 0 Å². The van der Waals surface area contributed by atoms with E-state index in [9.17, 15) is 0 Å². The van der Waals surface area contributed by atoms with Gasteiger partial charge < -0.3 is 5.32 Å². The van der Waals surface area contributed by atoms with Crippen LogP contribution in [0.4, 0.5) is 5.69 Å². The minimum Gasteiger partial charge on any atom is -0.381 e. The van der Waals surface area contributed by atoms with E-state index in [0.717, 1.165) is 5.92 Å². The third-order valence-electron chi connectivity index (χ3n) is 7.23. The molecule has 1 saturated carbocycles. The number of unbranched alkanes of at least 4 members (excludes halogenated alkanes) is 7. The van der Waals surface area contributed by atoms with Gasteiger partial charge in [0.2, 0.25) is 0 Å². The summed E-state index contributed by atoms with van der Waals surface area (Å²) >= 11 is 2.38. The van der Waals surface area contributed by atoms with Crippen LogP contribution in [0.3, 0.4) is 0 Å². The van der Waals surface area contributed by atoms with Crippen molar-refractivity contribution in [2.24, 2.45) is 0 Å². The monoisotopic (exact) mass is 510 g/mol. The van der Waals surface area contributed by atoms with Crippen molar-refractivity contribution in [3.8, 4) is 0 Å². The van der Waals surface area contributed by atoms with Crippen LogP contribution >= 0.6 is 22.9 Å². The van der Waals surface area contributed by atoms with Gasteiger partial charge in [-0.2, -0.15) is 0 Å². The lowest BCUT2D eigenvalue weighted by Crippen LogP contribution is -2.20. The Labute approximate surface area is 193 Å². The second kappa shape index (κ2) is 13.2. The van der Waals surface area contributed by atoms with Crippen molar-refractivity contribution in [3.05, 3.63) is 29.3 Å². The normalized spacial score (nSPS) is 22.7. The van der Waals surface area contributed by atoms with Crippen LogP contribution in [0.1, 0.15) is 133 Å². The molecule has 1 aliphatic heterocycles. The first-order chi connectivity index (χ1) is 14.3. The van der Waals surface area contributed by atoms with Crippen LogP contribution < -0.4 is 8.85 Å². The van der Waals surface area contributed by atoms with Crippen molar-refractivity contribution in [2.45, 2.75) is 128 Å². The van der Waals surface area contributed by atoms with Gasteiger partial charge in [-0.15, -0.1) is 0 Å². The number of para-hydroxylation sites is 1. The molecule has 0 spiro atoms. The van der Waals surface area contributed by atoms with Crippen molar-refractivity contribution in [1.82, 2.24) is 3.53 Å². The zero-order valence-electron chi connectivity index (χ0n) is 18.7. The highest BCUT2D eigenvalue weighted by molar-refractivity contribution is 14.1. The molecule has 2 aliphatic rings. The van der Waals surface area contributed by atoms with Crippen LogP contribution in [0.5, 0.6) is 0 Å². The van der Waals surface area contributed by atoms with Crippen LogP contribution in [0, 0.1) is 0 Å². The van der Waals surface area contributed by atoms with Gasteiger partial charge in [0, 0.05) is 46.6 Å². The standard InChI is InChI=1S/C26H43IN2/c1-2-3-4-5-6-7-10-14-20-25(29-27)23-18-15-17-22-21-16-12-9-8-11-13-19-24(21)28-26(22)23/h15,17-18,21,24-25,28-29H,2-14,16,19-20H2,1H3. The molecule has 1 aliphatic carbocycles. The van der Waals surface area contributed by atoms with Gasteiger partial charge >= 0.3 is 0 Å². The van der Waals surface area contributed by atoms with E-state index < -0.39 is 0 Å². The molecule has 3 heteroatoms. The summed E-state index contributed by atoms with van der Waals surface area (Å²) in [6.07, 6.45) is 22.2. The van der Waals surface area contributed by atoms with E-state index in [-0.39, 0.29) is 0 Å². The molecule has 3 rings (SSSR count). The fraction of sp³-hybridized carbons (Fsp3) is 0.769. The molecule has 1 aromatic carbocycles. The molecule has 0 bridgehead atoms. The quantitative estimate of drug-likeness (QED) is 0.177. The van der Waals surface area contributed by atoms with Crippen molar-refractivity contribution in [2.75, 3.05) is 5.32 Å². The third-order valence-corrected chi connectivity index (χ3v) is 7.98. The van der Waals surface area contributed by atoms with Gasteiger partial charge in [-0.25, -0.2) is 0 Å². The number of anilines is 1. The largest absolute Gasteiger partial charge is 0.381 e. The molecule has 3 atom stereocenters. The van der Waals surface area contributed by atoms with Crippen LogP contribution in [0.15, 0.2) is 18.2 Å². The number of rotatable bonds is 11. The summed E-state index contributed by atoms with van der Waals surface area (Å²) in [5.74, 6) is 0.737. The number of halogens is 1. The van der Waals surface area contributed by atoms with E-state index >= 15 is 0 Å². The van der Waals surface area contributed by atoms with E-state index in [4.69, 9.17) is 0 Å². The number of hydrogen-bond donors (Lipinski definition) is 2. The lowest BCUT2D eigenvalue weighted by molar-refractivity contribution is 0.513. The molecule has 0 saturated heterocycles. The first kappa shape index (κ1) is 23.4. The minimum atomic E-state index is 0.477. The Morgan fingerprint density at radius 1 is 0.931 bits per heavy atom. The van der Waals surface area contributed by atoms with E-state index in [2.05, 4.69) is 56.8 Å². The maximum atomic E-state index is 4.00. The minimum absolute atomic E-state index is 0.477. The second-order valence-corrected chi connectivity index (χ2v) is 10.1. The number of hydrogen-bond acceptors (Lipinski definition) is 2. The van der Waals surface area contributed by atoms with Gasteiger partial charge in [0.05, 0.1) is 0 Å². The maximum Gasteiger partial charge on any atom is 0.0433 e. The molecule has 0 amide bonds. The first-order valence-corrected chi connectivity index (χ1v) is 13.7. The topological polar surface area (TPSA) is 24.1 Å². The van der Waals surface area contributed by atoms with Gasteiger partial charge in [0.1, 0.15) is 0 Å². The van der Waals surface area contributed by atoms with Gasteiger partial charge in [-0.1, -0.05) is 109 Å². The van der Waals surface area contributed by atoms with Gasteiger partial charge in [0.15, 0.2) is 0 Å². The molecule has 0 aromatic heterocycles. The average molecular weight is 511 g/mol. The maximum absolute atomic E-state index is 4.00. The molecule has 29 heavy (non-hydrogen) atoms. The third kappa shape index (κ3) is 6.85. The Balaban J connectivity index is 1.55. The Kier molecular flexibility index (Phi) is 10.6. The Morgan fingerprint density at radius 3 is 2.38 bits per heavy atom. The second-order valence-electron chi connectivity index (χ2n) is 9.44. The van der Waals surface area contributed by atoms with E-state index in [1.54, 1.807) is 5.56 Å². The van der Waals surface area contributed by atoms with E-state index in [1.807, 2.05) is 0 Å². The Hall–Kier alpha value is -0.290. The van der Waals surface area contributed by atoms with E-state index in [0.29, 0.717) is 12.1 Å². The van der Waals surface area contributed by atoms with Crippen molar-refractivity contribution >= 4 is 28.6 Å². The lowest BCUT2D eigenvalue weighted by atomic mass is 9.87. The van der Waals surface area contributed by atoms with Crippen LogP contribution in [0.25, 0.3) is 0 Å². The molecule has 3 unspecified atom stereocenters. The van der Waals surface area contributed by atoms with Gasteiger partial charge in [0.25, 0.3) is 0 Å². The average Bonchev–Trinajstić information content (AvgIpc) is 3.14. The van der Waals surface area contributed by atoms with Gasteiger partial charge in [-0.05, 0) is 30.4 Å². The summed E-state index contributed by atoms with van der Waals surface area (Å²) in [6.45, 7) is 2.30. The van der Waals surface area contributed by atoms with Crippen LogP contribution in [-0.2, 0) is 0 Å².